The van der Waals surface area contributed by atoms with Gasteiger partial charge in [-0.25, -0.2) is 9.38 Å². The molecule has 14 heavy (non-hydrogen) atoms. The molecule has 0 spiro atoms. The first-order valence-electron chi connectivity index (χ1n) is 3.92. The van der Waals surface area contributed by atoms with Gasteiger partial charge in [0.25, 0.3) is 0 Å². The molecule has 3 N–H and O–H groups in total. The van der Waals surface area contributed by atoms with Gasteiger partial charge in [0.15, 0.2) is 6.19 Å². The molecule has 0 bridgehead atoms. The minimum Gasteiger partial charge on any atom is -0.369 e. The number of guanidine groups is 1. The number of aliphatic imine (C=N–C) groups is 1. The quantitative estimate of drug-likeness (QED) is 0.313. The number of hydrogen-bond acceptors (Lipinski definition) is 2. The van der Waals surface area contributed by atoms with Crippen molar-refractivity contribution >= 4 is 5.96 Å². The molecule has 0 heterocycles. The van der Waals surface area contributed by atoms with E-state index in [0.29, 0.717) is 6.54 Å². The molecule has 0 aliphatic carbocycles. The zero-order valence-corrected chi connectivity index (χ0v) is 7.37. The average molecular weight is 192 g/mol. The molecule has 1 rings (SSSR count). The van der Waals surface area contributed by atoms with Gasteiger partial charge in [-0.1, -0.05) is 12.1 Å². The van der Waals surface area contributed by atoms with E-state index in [4.69, 9.17) is 11.0 Å². The Bertz CT molecular complexity index is 363. The van der Waals surface area contributed by atoms with Crippen LogP contribution in [-0.4, -0.2) is 5.96 Å². The van der Waals surface area contributed by atoms with Crippen molar-refractivity contribution in [3.63, 3.8) is 0 Å². The summed E-state index contributed by atoms with van der Waals surface area (Å²) in [5, 5.41) is 10.4. The lowest BCUT2D eigenvalue weighted by Crippen LogP contribution is -2.27. The fourth-order valence-corrected chi connectivity index (χ4v) is 0.863. The van der Waals surface area contributed by atoms with Gasteiger partial charge >= 0.3 is 0 Å². The molecule has 1 aromatic rings. The number of halogens is 1. The first kappa shape index (κ1) is 9.99. The zero-order chi connectivity index (χ0) is 10.4. The Morgan fingerprint density at radius 3 is 2.71 bits per heavy atom. The minimum atomic E-state index is -0.291. The SMILES string of the molecule is N#CNC(N)=NCc1ccc(F)cc1. The third-order valence-electron chi connectivity index (χ3n) is 1.53. The first-order valence-corrected chi connectivity index (χ1v) is 3.92. The summed E-state index contributed by atoms with van der Waals surface area (Å²) in [6, 6.07) is 5.91. The third kappa shape index (κ3) is 3.11. The van der Waals surface area contributed by atoms with E-state index in [1.165, 1.54) is 12.1 Å². The Hall–Kier alpha value is -2.09. The topological polar surface area (TPSA) is 74.2 Å². The summed E-state index contributed by atoms with van der Waals surface area (Å²) in [6.45, 7) is 0.320. The molecule has 1 aromatic carbocycles. The van der Waals surface area contributed by atoms with Crippen LogP contribution in [0.15, 0.2) is 29.3 Å². The minimum absolute atomic E-state index is 0.0526. The molecule has 0 aromatic heterocycles. The van der Waals surface area contributed by atoms with Gasteiger partial charge in [-0.05, 0) is 17.7 Å². The van der Waals surface area contributed by atoms with E-state index < -0.39 is 0 Å². The van der Waals surface area contributed by atoms with Crippen molar-refractivity contribution in [3.05, 3.63) is 35.6 Å². The van der Waals surface area contributed by atoms with Gasteiger partial charge in [0.1, 0.15) is 5.82 Å². The second kappa shape index (κ2) is 4.82. The van der Waals surface area contributed by atoms with Crippen LogP contribution < -0.4 is 11.1 Å². The Labute approximate surface area is 80.9 Å². The molecular weight excluding hydrogens is 183 g/mol. The molecule has 0 radical (unpaired) electrons. The molecular formula is C9H9FN4. The number of benzene rings is 1. The highest BCUT2D eigenvalue weighted by molar-refractivity contribution is 5.79. The van der Waals surface area contributed by atoms with Crippen molar-refractivity contribution in [1.29, 1.82) is 5.26 Å². The molecule has 0 unspecified atom stereocenters. The molecule has 0 fully saturated rings. The monoisotopic (exact) mass is 192 g/mol. The van der Waals surface area contributed by atoms with Crippen molar-refractivity contribution in [1.82, 2.24) is 5.32 Å². The van der Waals surface area contributed by atoms with Crippen LogP contribution in [0.25, 0.3) is 0 Å². The fourth-order valence-electron chi connectivity index (χ4n) is 0.863. The van der Waals surface area contributed by atoms with Crippen LogP contribution in [0.5, 0.6) is 0 Å². The normalized spacial score (nSPS) is 10.7. The summed E-state index contributed by atoms with van der Waals surface area (Å²) in [7, 11) is 0. The van der Waals surface area contributed by atoms with E-state index in [-0.39, 0.29) is 11.8 Å². The largest absolute Gasteiger partial charge is 0.369 e. The van der Waals surface area contributed by atoms with E-state index in [1.54, 1.807) is 18.3 Å². The highest BCUT2D eigenvalue weighted by Gasteiger charge is 1.93. The number of nitrogens with one attached hydrogen (secondary N) is 1. The number of hydrogen-bond donors (Lipinski definition) is 2. The number of nitrogens with two attached hydrogens (primary N) is 1. The van der Waals surface area contributed by atoms with E-state index in [1.807, 2.05) is 0 Å². The maximum atomic E-state index is 12.5. The Kier molecular flexibility index (Phi) is 3.44. The predicted octanol–water partition coefficient (Wildman–Crippen LogP) is 0.711. The maximum Gasteiger partial charge on any atom is 0.202 e. The van der Waals surface area contributed by atoms with Crippen LogP contribution in [-0.2, 0) is 6.54 Å². The summed E-state index contributed by atoms with van der Waals surface area (Å²) in [4.78, 5) is 3.85. The molecule has 0 saturated heterocycles. The molecule has 0 atom stereocenters. The fraction of sp³-hybridized carbons (Fsp3) is 0.111. The molecule has 72 valence electrons. The molecule has 4 nitrogen and oxygen atoms in total. The van der Waals surface area contributed by atoms with Crippen molar-refractivity contribution in [2.45, 2.75) is 6.54 Å². The third-order valence-corrected chi connectivity index (χ3v) is 1.53. The summed E-state index contributed by atoms with van der Waals surface area (Å²) >= 11 is 0. The summed E-state index contributed by atoms with van der Waals surface area (Å²) in [5.41, 5.74) is 6.13. The van der Waals surface area contributed by atoms with E-state index in [2.05, 4.69) is 10.3 Å². The van der Waals surface area contributed by atoms with E-state index in [9.17, 15) is 4.39 Å². The van der Waals surface area contributed by atoms with Crippen molar-refractivity contribution in [3.8, 4) is 6.19 Å². The predicted molar refractivity (Wildman–Crippen MR) is 50.5 cm³/mol. The first-order chi connectivity index (χ1) is 6.72. The van der Waals surface area contributed by atoms with Gasteiger partial charge in [0.05, 0.1) is 6.54 Å². The molecule has 0 aliphatic rings. The van der Waals surface area contributed by atoms with Crippen LogP contribution >= 0.6 is 0 Å². The standard InChI is InChI=1S/C9H9FN4/c10-8-3-1-7(2-4-8)5-13-9(12)14-6-11/h1-4H,5H2,(H3,12,13,14). The zero-order valence-electron chi connectivity index (χ0n) is 7.37. The Balaban J connectivity index is 2.58. The van der Waals surface area contributed by atoms with Gasteiger partial charge < -0.3 is 5.73 Å². The summed E-state index contributed by atoms with van der Waals surface area (Å²) < 4.78 is 12.5. The molecule has 0 amide bonds. The average Bonchev–Trinajstić information content (AvgIpc) is 2.17. The lowest BCUT2D eigenvalue weighted by Gasteiger charge is -1.97. The Morgan fingerprint density at radius 2 is 2.14 bits per heavy atom. The lowest BCUT2D eigenvalue weighted by atomic mass is 10.2. The highest BCUT2D eigenvalue weighted by Crippen LogP contribution is 2.03. The van der Waals surface area contributed by atoms with Crippen molar-refractivity contribution in [2.24, 2.45) is 10.7 Å². The molecule has 5 heteroatoms. The van der Waals surface area contributed by atoms with Gasteiger partial charge in [0.2, 0.25) is 5.96 Å². The smallest absolute Gasteiger partial charge is 0.202 e. The molecule has 0 aliphatic heterocycles. The van der Waals surface area contributed by atoms with Gasteiger partial charge in [0, 0.05) is 0 Å². The Morgan fingerprint density at radius 1 is 1.50 bits per heavy atom. The van der Waals surface area contributed by atoms with Crippen LogP contribution in [0, 0.1) is 17.3 Å². The van der Waals surface area contributed by atoms with Crippen LogP contribution in [0.1, 0.15) is 5.56 Å². The lowest BCUT2D eigenvalue weighted by molar-refractivity contribution is 0.627. The summed E-state index contributed by atoms with van der Waals surface area (Å²) in [6.07, 6.45) is 1.65. The van der Waals surface area contributed by atoms with Crippen molar-refractivity contribution in [2.75, 3.05) is 0 Å². The highest BCUT2D eigenvalue weighted by atomic mass is 19.1. The summed E-state index contributed by atoms with van der Waals surface area (Å²) in [5.74, 6) is -0.238. The van der Waals surface area contributed by atoms with Gasteiger partial charge in [-0.2, -0.15) is 5.26 Å². The van der Waals surface area contributed by atoms with E-state index in [0.717, 1.165) is 5.56 Å². The van der Waals surface area contributed by atoms with Gasteiger partial charge in [-0.15, -0.1) is 0 Å². The number of rotatable bonds is 2. The van der Waals surface area contributed by atoms with E-state index >= 15 is 0 Å². The van der Waals surface area contributed by atoms with Crippen molar-refractivity contribution < 1.29 is 4.39 Å². The second-order valence-corrected chi connectivity index (χ2v) is 2.56. The second-order valence-electron chi connectivity index (χ2n) is 2.56. The van der Waals surface area contributed by atoms with Gasteiger partial charge in [-0.3, -0.25) is 5.32 Å². The van der Waals surface area contributed by atoms with Crippen LogP contribution in [0.2, 0.25) is 0 Å². The number of nitrogens with zero attached hydrogens (tertiary/aromatic N) is 2. The molecule has 0 saturated carbocycles. The number of nitriles is 1. The van der Waals surface area contributed by atoms with Crippen LogP contribution in [0.4, 0.5) is 4.39 Å². The maximum absolute atomic E-state index is 12.5. The van der Waals surface area contributed by atoms with Crippen LogP contribution in [0.3, 0.4) is 0 Å².